The van der Waals surface area contributed by atoms with Crippen molar-refractivity contribution in [1.82, 2.24) is 24.9 Å². The molecule has 0 bridgehead atoms. The van der Waals surface area contributed by atoms with Crippen molar-refractivity contribution < 1.29 is 14.3 Å². The van der Waals surface area contributed by atoms with E-state index in [0.717, 1.165) is 86.7 Å². The van der Waals surface area contributed by atoms with Gasteiger partial charge in [0.25, 0.3) is 0 Å². The van der Waals surface area contributed by atoms with Gasteiger partial charge in [0, 0.05) is 89.9 Å². The molecular formula is C27H37N7O3. The Kier molecular flexibility index (Phi) is 7.76. The molecule has 5 aliphatic rings. The molecule has 10 heteroatoms. The Morgan fingerprint density at radius 3 is 2.54 bits per heavy atom. The molecule has 0 radical (unpaired) electrons. The molecule has 0 unspecified atom stereocenters. The maximum atomic E-state index is 11.8. The number of piperazine rings is 1. The number of rotatable bonds is 5. The first-order chi connectivity index (χ1) is 18.1. The molecule has 37 heavy (non-hydrogen) atoms. The average molecular weight is 508 g/mol. The van der Waals surface area contributed by atoms with Crippen molar-refractivity contribution in [2.24, 2.45) is 9.98 Å². The fourth-order valence-corrected chi connectivity index (χ4v) is 5.37. The number of nitrogens with zero attached hydrogens (tertiary/aromatic N) is 6. The van der Waals surface area contributed by atoms with E-state index in [1.807, 2.05) is 17.2 Å². The van der Waals surface area contributed by atoms with E-state index in [1.54, 1.807) is 7.05 Å². The number of nitrogens with one attached hydrogen (secondary N) is 1. The number of allylic oxidation sites excluding steroid dienone is 3. The van der Waals surface area contributed by atoms with Gasteiger partial charge in [0.05, 0.1) is 24.5 Å². The minimum absolute atomic E-state index is 0.0215. The fraction of sp³-hybridized carbons (Fsp3) is 0.519. The van der Waals surface area contributed by atoms with E-state index < -0.39 is 0 Å². The first-order valence-corrected chi connectivity index (χ1v) is 13.0. The number of aliphatic imine (C=N–C) groups is 2. The predicted molar refractivity (Wildman–Crippen MR) is 144 cm³/mol. The van der Waals surface area contributed by atoms with Gasteiger partial charge in [-0.3, -0.25) is 14.7 Å². The number of ether oxygens (including phenoxy) is 2. The number of carbonyl (C=O) groups is 1. The largest absolute Gasteiger partial charge is 0.490 e. The average Bonchev–Trinajstić information content (AvgIpc) is 3.21. The number of hydrogen-bond donors (Lipinski definition) is 1. The number of amides is 1. The molecule has 0 aromatic rings. The van der Waals surface area contributed by atoms with Crippen LogP contribution in [0.15, 0.2) is 69.9 Å². The van der Waals surface area contributed by atoms with Crippen LogP contribution in [0.1, 0.15) is 6.42 Å². The summed E-state index contributed by atoms with van der Waals surface area (Å²) in [6.45, 7) is 16.4. The molecule has 0 aromatic heterocycles. The van der Waals surface area contributed by atoms with Gasteiger partial charge >= 0.3 is 0 Å². The minimum Gasteiger partial charge on any atom is -0.490 e. The highest BCUT2D eigenvalue weighted by molar-refractivity contribution is 6.01. The van der Waals surface area contributed by atoms with E-state index in [1.165, 1.54) is 6.08 Å². The number of amidine groups is 1. The van der Waals surface area contributed by atoms with Crippen molar-refractivity contribution in [3.8, 4) is 0 Å². The molecule has 5 aliphatic heterocycles. The highest BCUT2D eigenvalue weighted by Crippen LogP contribution is 2.26. The van der Waals surface area contributed by atoms with E-state index in [4.69, 9.17) is 14.5 Å². The number of carbonyl (C=O) groups excluding carboxylic acids is 1. The van der Waals surface area contributed by atoms with Crippen LogP contribution in [-0.2, 0) is 14.3 Å². The first-order valence-electron chi connectivity index (χ1n) is 13.0. The highest BCUT2D eigenvalue weighted by atomic mass is 16.5. The summed E-state index contributed by atoms with van der Waals surface area (Å²) >= 11 is 0. The Bertz CT molecular complexity index is 1070. The van der Waals surface area contributed by atoms with Gasteiger partial charge in [-0.05, 0) is 12.2 Å². The third-order valence-electron chi connectivity index (χ3n) is 7.58. The van der Waals surface area contributed by atoms with E-state index in [2.05, 4.69) is 44.2 Å². The molecule has 10 nitrogen and oxygen atoms in total. The van der Waals surface area contributed by atoms with Crippen LogP contribution in [0.2, 0.25) is 0 Å². The molecule has 0 spiro atoms. The quantitative estimate of drug-likeness (QED) is 0.555. The van der Waals surface area contributed by atoms with E-state index >= 15 is 0 Å². The van der Waals surface area contributed by atoms with E-state index in [0.29, 0.717) is 32.3 Å². The number of likely N-dealkylation sites (tertiary alicyclic amines) is 1. The molecule has 0 saturated carbocycles. The Morgan fingerprint density at radius 2 is 1.86 bits per heavy atom. The van der Waals surface area contributed by atoms with Crippen LogP contribution in [0.25, 0.3) is 0 Å². The number of morpholine rings is 1. The Hall–Kier alpha value is -3.37. The smallest absolute Gasteiger partial charge is 0.246 e. The molecule has 1 amide bonds. The lowest BCUT2D eigenvalue weighted by molar-refractivity contribution is -0.133. The first kappa shape index (κ1) is 25.3. The molecule has 0 aromatic carbocycles. The summed E-state index contributed by atoms with van der Waals surface area (Å²) in [5.41, 5.74) is 2.93. The SMILES string of the molecule is C=CC(=O)N1CC(N2CCN(C3=CC4=C(CC=N3)OC/C(=C(/C=C)N3CCOCC3)C(=NC)N4)CC2)C1. The van der Waals surface area contributed by atoms with Crippen molar-refractivity contribution in [2.75, 3.05) is 79.2 Å². The second-order valence-electron chi connectivity index (χ2n) is 9.63. The maximum absolute atomic E-state index is 11.8. The molecule has 0 aliphatic carbocycles. The third-order valence-corrected chi connectivity index (χ3v) is 7.58. The van der Waals surface area contributed by atoms with Gasteiger partial charge in [-0.1, -0.05) is 13.2 Å². The standard InChI is InChI=1S/C27H37N7O3/c1-4-23(32-12-14-36-15-13-32)21-19-37-24-6-7-29-25(16-22(24)30-27(21)28-3)33-10-8-31(9-11-33)20-17-34(18-20)26(35)5-2/h4-5,7,16,20H,1-2,6,8-15,17-19H2,3H3,(H,28,30)/b23-21+. The molecule has 3 saturated heterocycles. The second kappa shape index (κ2) is 11.4. The van der Waals surface area contributed by atoms with Crippen LogP contribution in [-0.4, -0.2) is 123 Å². The van der Waals surface area contributed by atoms with Gasteiger partial charge in [0.2, 0.25) is 5.91 Å². The number of hydrogen-bond acceptors (Lipinski definition) is 8. The summed E-state index contributed by atoms with van der Waals surface area (Å²) in [7, 11) is 1.80. The molecule has 1 N–H and O–H groups in total. The van der Waals surface area contributed by atoms with Crippen molar-refractivity contribution in [1.29, 1.82) is 0 Å². The van der Waals surface area contributed by atoms with E-state index in [9.17, 15) is 4.79 Å². The summed E-state index contributed by atoms with van der Waals surface area (Å²) in [4.78, 5) is 30.1. The lowest BCUT2D eigenvalue weighted by atomic mass is 10.1. The van der Waals surface area contributed by atoms with Gasteiger partial charge in [0.15, 0.2) is 0 Å². The van der Waals surface area contributed by atoms with E-state index in [-0.39, 0.29) is 5.91 Å². The predicted octanol–water partition coefficient (Wildman–Crippen LogP) is 0.949. The molecule has 0 atom stereocenters. The summed E-state index contributed by atoms with van der Waals surface area (Å²) < 4.78 is 11.9. The highest BCUT2D eigenvalue weighted by Gasteiger charge is 2.35. The van der Waals surface area contributed by atoms with Gasteiger partial charge in [-0.2, -0.15) is 0 Å². The molecule has 5 heterocycles. The Balaban J connectivity index is 1.27. The Labute approximate surface area is 219 Å². The van der Waals surface area contributed by atoms with Crippen LogP contribution in [0.5, 0.6) is 0 Å². The summed E-state index contributed by atoms with van der Waals surface area (Å²) in [5.74, 6) is 2.60. The van der Waals surface area contributed by atoms with Crippen LogP contribution in [0.3, 0.4) is 0 Å². The third kappa shape index (κ3) is 5.35. The second-order valence-corrected chi connectivity index (χ2v) is 9.63. The zero-order valence-electron chi connectivity index (χ0n) is 21.7. The van der Waals surface area contributed by atoms with Crippen LogP contribution < -0.4 is 5.32 Å². The van der Waals surface area contributed by atoms with Gasteiger partial charge in [0.1, 0.15) is 24.0 Å². The maximum Gasteiger partial charge on any atom is 0.246 e. The molecule has 3 fully saturated rings. The minimum atomic E-state index is 0.0215. The summed E-state index contributed by atoms with van der Waals surface area (Å²) in [6, 6.07) is 0.433. The lowest BCUT2D eigenvalue weighted by Crippen LogP contribution is -2.63. The Morgan fingerprint density at radius 1 is 1.11 bits per heavy atom. The van der Waals surface area contributed by atoms with Crippen LogP contribution in [0.4, 0.5) is 0 Å². The lowest BCUT2D eigenvalue weighted by Gasteiger charge is -2.48. The molecule has 5 rings (SSSR count). The van der Waals surface area contributed by atoms with Crippen molar-refractivity contribution in [3.05, 3.63) is 59.9 Å². The van der Waals surface area contributed by atoms with Gasteiger partial charge < -0.3 is 29.5 Å². The zero-order valence-corrected chi connectivity index (χ0v) is 21.7. The molecule has 198 valence electrons. The fourth-order valence-electron chi connectivity index (χ4n) is 5.37. The molecular weight excluding hydrogens is 470 g/mol. The van der Waals surface area contributed by atoms with Crippen LogP contribution >= 0.6 is 0 Å². The van der Waals surface area contributed by atoms with Crippen molar-refractivity contribution in [2.45, 2.75) is 12.5 Å². The normalized spacial score (nSPS) is 25.8. The monoisotopic (exact) mass is 507 g/mol. The summed E-state index contributed by atoms with van der Waals surface area (Å²) in [6.07, 6.45) is 7.92. The van der Waals surface area contributed by atoms with Gasteiger partial charge in [-0.25, -0.2) is 4.99 Å². The van der Waals surface area contributed by atoms with Crippen LogP contribution in [0, 0.1) is 0 Å². The summed E-state index contributed by atoms with van der Waals surface area (Å²) in [5, 5.41) is 3.55. The van der Waals surface area contributed by atoms with Crippen molar-refractivity contribution >= 4 is 18.0 Å². The topological polar surface area (TPSA) is 85.2 Å². The zero-order chi connectivity index (χ0) is 25.8. The van der Waals surface area contributed by atoms with Gasteiger partial charge in [-0.15, -0.1) is 0 Å². The van der Waals surface area contributed by atoms with Crippen molar-refractivity contribution in [3.63, 3.8) is 0 Å².